The van der Waals surface area contributed by atoms with Crippen LogP contribution in [-0.4, -0.2) is 22.9 Å². The Balaban J connectivity index is 0.00000242. The van der Waals surface area contributed by atoms with Gasteiger partial charge in [0.1, 0.15) is 0 Å². The van der Waals surface area contributed by atoms with Gasteiger partial charge in [-0.25, -0.2) is 0 Å². The lowest BCUT2D eigenvalue weighted by Gasteiger charge is -2.26. The van der Waals surface area contributed by atoms with Gasteiger partial charge >= 0.3 is 0 Å². The monoisotopic (exact) mass is 327 g/mol. The predicted molar refractivity (Wildman–Crippen MR) is 87.2 cm³/mol. The Labute approximate surface area is 136 Å². The lowest BCUT2D eigenvalue weighted by atomic mass is 9.93. The van der Waals surface area contributed by atoms with Crippen LogP contribution in [0.1, 0.15) is 37.3 Å². The topological polar surface area (TPSA) is 84.3 Å². The minimum absolute atomic E-state index is 0. The first-order chi connectivity index (χ1) is 10.00. The molecule has 0 aromatic heterocycles. The number of nitrogens with zero attached hydrogens (tertiary/aromatic N) is 1. The van der Waals surface area contributed by atoms with Crippen molar-refractivity contribution in [2.75, 3.05) is 6.54 Å². The van der Waals surface area contributed by atoms with Crippen LogP contribution in [0.15, 0.2) is 18.2 Å². The fraction of sp³-hybridized carbons (Fsp3) is 0.533. The highest BCUT2D eigenvalue weighted by Gasteiger charge is 2.38. The van der Waals surface area contributed by atoms with Gasteiger partial charge in [-0.15, -0.1) is 12.4 Å². The van der Waals surface area contributed by atoms with Crippen molar-refractivity contribution >= 4 is 24.0 Å². The minimum atomic E-state index is -0.478. The number of benzene rings is 1. The van der Waals surface area contributed by atoms with Gasteiger partial charge in [-0.05, 0) is 38.3 Å². The molecule has 0 aliphatic carbocycles. The van der Waals surface area contributed by atoms with E-state index in [2.05, 4.69) is 10.6 Å². The summed E-state index contributed by atoms with van der Waals surface area (Å²) in [6.45, 7) is 4.88. The molecule has 1 fully saturated rings. The third-order valence-corrected chi connectivity index (χ3v) is 4.34. The van der Waals surface area contributed by atoms with Gasteiger partial charge in [-0.2, -0.15) is 0 Å². The first kappa shape index (κ1) is 18.4. The molecule has 1 amide bonds. The van der Waals surface area contributed by atoms with Crippen LogP contribution < -0.4 is 10.6 Å². The summed E-state index contributed by atoms with van der Waals surface area (Å²) in [4.78, 5) is 22.9. The molecule has 1 atom stereocenters. The molecule has 1 heterocycles. The number of hydrogen-bond donors (Lipinski definition) is 2. The van der Waals surface area contributed by atoms with Gasteiger partial charge in [0, 0.05) is 18.2 Å². The molecule has 1 aromatic carbocycles. The Morgan fingerprint density at radius 3 is 2.77 bits per heavy atom. The van der Waals surface area contributed by atoms with Gasteiger partial charge in [0.25, 0.3) is 5.69 Å². The Bertz CT molecular complexity index is 557. The third-order valence-electron chi connectivity index (χ3n) is 4.34. The van der Waals surface area contributed by atoms with Crippen LogP contribution in [0, 0.1) is 17.0 Å². The van der Waals surface area contributed by atoms with Crippen LogP contribution in [0.5, 0.6) is 0 Å². The third kappa shape index (κ3) is 3.56. The normalized spacial score (nSPS) is 20.3. The maximum Gasteiger partial charge on any atom is 0.272 e. The molecule has 122 valence electrons. The predicted octanol–water partition coefficient (Wildman–Crippen LogP) is 2.47. The Morgan fingerprint density at radius 2 is 2.23 bits per heavy atom. The smallest absolute Gasteiger partial charge is 0.272 e. The molecule has 7 heteroatoms. The summed E-state index contributed by atoms with van der Waals surface area (Å²) in [7, 11) is 0. The summed E-state index contributed by atoms with van der Waals surface area (Å²) in [5.41, 5.74) is 0.995. The van der Waals surface area contributed by atoms with Crippen LogP contribution in [0.3, 0.4) is 0 Å². The highest BCUT2D eigenvalue weighted by molar-refractivity contribution is 5.86. The molecule has 0 bridgehead atoms. The maximum absolute atomic E-state index is 12.4. The largest absolute Gasteiger partial charge is 0.350 e. The van der Waals surface area contributed by atoms with Crippen molar-refractivity contribution in [2.24, 2.45) is 0 Å². The first-order valence-corrected chi connectivity index (χ1v) is 7.26. The lowest BCUT2D eigenvalue weighted by molar-refractivity contribution is -0.385. The molecule has 1 aliphatic rings. The second kappa shape index (κ2) is 7.56. The fourth-order valence-corrected chi connectivity index (χ4v) is 2.87. The molecule has 2 N–H and O–H groups in total. The zero-order chi connectivity index (χ0) is 15.5. The molecule has 0 radical (unpaired) electrons. The number of nitro groups is 1. The fourth-order valence-electron chi connectivity index (χ4n) is 2.87. The lowest BCUT2D eigenvalue weighted by Crippen LogP contribution is -2.52. The van der Waals surface area contributed by atoms with Crippen molar-refractivity contribution in [3.05, 3.63) is 39.4 Å². The molecule has 1 unspecified atom stereocenters. The van der Waals surface area contributed by atoms with E-state index >= 15 is 0 Å². The molecular formula is C15H22ClN3O3. The van der Waals surface area contributed by atoms with Crippen molar-refractivity contribution in [1.82, 2.24) is 10.6 Å². The number of amides is 1. The van der Waals surface area contributed by atoms with Gasteiger partial charge in [-0.1, -0.05) is 19.1 Å². The minimum Gasteiger partial charge on any atom is -0.350 e. The Morgan fingerprint density at radius 1 is 1.50 bits per heavy atom. The summed E-state index contributed by atoms with van der Waals surface area (Å²) >= 11 is 0. The van der Waals surface area contributed by atoms with Crippen molar-refractivity contribution < 1.29 is 9.72 Å². The van der Waals surface area contributed by atoms with E-state index in [1.807, 2.05) is 13.0 Å². The molecule has 22 heavy (non-hydrogen) atoms. The SMILES string of the molecule is CCC1(C(=O)NCc2cccc([N+](=O)[O-])c2C)CCCN1.Cl. The van der Waals surface area contributed by atoms with Crippen LogP contribution >= 0.6 is 12.4 Å². The van der Waals surface area contributed by atoms with E-state index in [9.17, 15) is 14.9 Å². The van der Waals surface area contributed by atoms with E-state index < -0.39 is 10.5 Å². The molecule has 0 spiro atoms. The molecule has 1 saturated heterocycles. The zero-order valence-electron chi connectivity index (χ0n) is 12.8. The second-order valence-corrected chi connectivity index (χ2v) is 5.47. The Hall–Kier alpha value is -1.66. The second-order valence-electron chi connectivity index (χ2n) is 5.47. The molecular weight excluding hydrogens is 306 g/mol. The summed E-state index contributed by atoms with van der Waals surface area (Å²) in [5, 5.41) is 17.1. The number of nitrogens with one attached hydrogen (secondary N) is 2. The van der Waals surface area contributed by atoms with Gasteiger partial charge in [0.05, 0.1) is 10.5 Å². The van der Waals surface area contributed by atoms with Crippen molar-refractivity contribution in [2.45, 2.75) is 45.2 Å². The van der Waals surface area contributed by atoms with Gasteiger partial charge < -0.3 is 10.6 Å². The van der Waals surface area contributed by atoms with Gasteiger partial charge in [0.2, 0.25) is 5.91 Å². The van der Waals surface area contributed by atoms with E-state index in [0.717, 1.165) is 31.4 Å². The van der Waals surface area contributed by atoms with E-state index in [1.165, 1.54) is 6.07 Å². The number of carbonyl (C=O) groups is 1. The summed E-state index contributed by atoms with van der Waals surface area (Å²) in [5.74, 6) is -0.0200. The molecule has 0 saturated carbocycles. The van der Waals surface area contributed by atoms with Crippen LogP contribution in [0.2, 0.25) is 0 Å². The van der Waals surface area contributed by atoms with Crippen LogP contribution in [0.25, 0.3) is 0 Å². The average molecular weight is 328 g/mol. The quantitative estimate of drug-likeness (QED) is 0.642. The average Bonchev–Trinajstić information content (AvgIpc) is 2.95. The molecule has 1 aromatic rings. The van der Waals surface area contributed by atoms with Crippen LogP contribution in [0.4, 0.5) is 5.69 Å². The van der Waals surface area contributed by atoms with Crippen molar-refractivity contribution in [3.63, 3.8) is 0 Å². The zero-order valence-corrected chi connectivity index (χ0v) is 13.7. The van der Waals surface area contributed by atoms with Gasteiger partial charge in [-0.3, -0.25) is 14.9 Å². The summed E-state index contributed by atoms with van der Waals surface area (Å²) in [6, 6.07) is 4.94. The van der Waals surface area contributed by atoms with Crippen LogP contribution in [-0.2, 0) is 11.3 Å². The van der Waals surface area contributed by atoms with Crippen molar-refractivity contribution in [1.29, 1.82) is 0 Å². The Kier molecular flexibility index (Phi) is 6.32. The summed E-state index contributed by atoms with van der Waals surface area (Å²) < 4.78 is 0. The van der Waals surface area contributed by atoms with Crippen molar-refractivity contribution in [3.8, 4) is 0 Å². The van der Waals surface area contributed by atoms with E-state index in [0.29, 0.717) is 12.1 Å². The number of carbonyl (C=O) groups excluding carboxylic acids is 1. The summed E-state index contributed by atoms with van der Waals surface area (Å²) in [6.07, 6.45) is 2.58. The molecule has 1 aliphatic heterocycles. The number of halogens is 1. The highest BCUT2D eigenvalue weighted by atomic mass is 35.5. The number of hydrogen-bond acceptors (Lipinski definition) is 4. The standard InChI is InChI=1S/C15H21N3O3.ClH/c1-3-15(8-5-9-17-15)14(19)16-10-12-6-4-7-13(11(12)2)18(20)21;/h4,6-7,17H,3,5,8-10H2,1-2H3,(H,16,19);1H. The molecule has 6 nitrogen and oxygen atoms in total. The van der Waals surface area contributed by atoms with E-state index in [-0.39, 0.29) is 24.0 Å². The maximum atomic E-state index is 12.4. The molecule has 2 rings (SSSR count). The first-order valence-electron chi connectivity index (χ1n) is 7.26. The van der Waals surface area contributed by atoms with Gasteiger partial charge in [0.15, 0.2) is 0 Å². The number of nitro benzene ring substituents is 1. The number of rotatable bonds is 5. The highest BCUT2D eigenvalue weighted by Crippen LogP contribution is 2.24. The van der Waals surface area contributed by atoms with E-state index in [1.54, 1.807) is 13.0 Å². The van der Waals surface area contributed by atoms with E-state index in [4.69, 9.17) is 0 Å².